The largest absolute Gasteiger partial charge is 0.331 e. The Hall–Kier alpha value is -1.52. The summed E-state index contributed by atoms with van der Waals surface area (Å²) in [7, 11) is 3.66. The van der Waals surface area contributed by atoms with E-state index in [-0.39, 0.29) is 11.4 Å². The van der Waals surface area contributed by atoms with Gasteiger partial charge in [0, 0.05) is 57.0 Å². The van der Waals surface area contributed by atoms with E-state index in [9.17, 15) is 4.79 Å². The molecule has 0 bridgehead atoms. The van der Waals surface area contributed by atoms with E-state index in [4.69, 9.17) is 4.98 Å². The molecule has 0 radical (unpaired) electrons. The van der Waals surface area contributed by atoms with Gasteiger partial charge in [0.15, 0.2) is 0 Å². The number of rotatable bonds is 1. The fourth-order valence-corrected chi connectivity index (χ4v) is 4.07. The van der Waals surface area contributed by atoms with Crippen molar-refractivity contribution in [2.45, 2.75) is 50.0 Å². The summed E-state index contributed by atoms with van der Waals surface area (Å²) >= 11 is 0. The van der Waals surface area contributed by atoms with Gasteiger partial charge in [0.25, 0.3) is 0 Å². The third-order valence-corrected chi connectivity index (χ3v) is 5.54. The third-order valence-electron chi connectivity index (χ3n) is 5.54. The Morgan fingerprint density at radius 1 is 1.24 bits per heavy atom. The van der Waals surface area contributed by atoms with Crippen LogP contribution < -0.4 is 0 Å². The predicted octanol–water partition coefficient (Wildman–Crippen LogP) is 2.18. The van der Waals surface area contributed by atoms with Crippen molar-refractivity contribution in [1.82, 2.24) is 19.4 Å². The van der Waals surface area contributed by atoms with Crippen molar-refractivity contribution in [1.29, 1.82) is 0 Å². The van der Waals surface area contributed by atoms with Gasteiger partial charge in [-0.3, -0.25) is 0 Å². The number of imidazole rings is 1. The number of aromatic nitrogens is 2. The van der Waals surface area contributed by atoms with E-state index in [1.165, 1.54) is 30.8 Å². The molecule has 114 valence electrons. The standard InChI is InChI=1S/C16H24N4O/c1-18(2)15(21)19-8-5-16(6-9-19)7-10-20-13(12-3-4-12)11-17-14(16)20/h11-12H,3-10H2,1-2H3. The molecule has 1 aliphatic carbocycles. The molecule has 2 aliphatic heterocycles. The molecule has 4 rings (SSSR count). The number of carbonyl (C=O) groups is 1. The Balaban J connectivity index is 1.53. The maximum absolute atomic E-state index is 12.1. The van der Waals surface area contributed by atoms with Gasteiger partial charge >= 0.3 is 6.03 Å². The first kappa shape index (κ1) is 13.2. The molecule has 0 unspecified atom stereocenters. The monoisotopic (exact) mass is 288 g/mol. The van der Waals surface area contributed by atoms with Crippen LogP contribution in [0.2, 0.25) is 0 Å². The van der Waals surface area contributed by atoms with Crippen molar-refractivity contribution in [2.75, 3.05) is 27.2 Å². The number of fused-ring (bicyclic) bond motifs is 2. The summed E-state index contributed by atoms with van der Waals surface area (Å²) < 4.78 is 2.49. The zero-order valence-corrected chi connectivity index (χ0v) is 13.0. The van der Waals surface area contributed by atoms with Gasteiger partial charge in [0.1, 0.15) is 5.82 Å². The molecule has 21 heavy (non-hydrogen) atoms. The van der Waals surface area contributed by atoms with Crippen LogP contribution in [0.25, 0.3) is 0 Å². The number of carbonyl (C=O) groups excluding carboxylic acids is 1. The Labute approximate surface area is 125 Å². The number of amides is 2. The van der Waals surface area contributed by atoms with Crippen LogP contribution in [0.1, 0.15) is 49.5 Å². The van der Waals surface area contributed by atoms with E-state index in [2.05, 4.69) is 10.8 Å². The van der Waals surface area contributed by atoms with E-state index < -0.39 is 0 Å². The summed E-state index contributed by atoms with van der Waals surface area (Å²) in [5, 5.41) is 0. The van der Waals surface area contributed by atoms with Gasteiger partial charge in [0.2, 0.25) is 0 Å². The summed E-state index contributed by atoms with van der Waals surface area (Å²) in [6, 6.07) is 0.143. The third kappa shape index (κ3) is 1.97. The minimum Gasteiger partial charge on any atom is -0.331 e. The fourth-order valence-electron chi connectivity index (χ4n) is 4.07. The molecule has 2 fully saturated rings. The van der Waals surface area contributed by atoms with Gasteiger partial charge in [-0.25, -0.2) is 9.78 Å². The lowest BCUT2D eigenvalue weighted by molar-refractivity contribution is 0.136. The summed E-state index contributed by atoms with van der Waals surface area (Å²) in [5.41, 5.74) is 1.70. The Morgan fingerprint density at radius 3 is 2.52 bits per heavy atom. The van der Waals surface area contributed by atoms with Gasteiger partial charge in [0.05, 0.1) is 0 Å². The number of urea groups is 1. The molecular formula is C16H24N4O. The quantitative estimate of drug-likeness (QED) is 0.795. The molecule has 1 spiro atoms. The lowest BCUT2D eigenvalue weighted by Gasteiger charge is -2.39. The van der Waals surface area contributed by atoms with Crippen LogP contribution in [0.5, 0.6) is 0 Å². The summed E-state index contributed by atoms with van der Waals surface area (Å²) in [5.74, 6) is 2.08. The highest BCUT2D eigenvalue weighted by Gasteiger charge is 2.45. The molecule has 3 aliphatic rings. The molecule has 1 aromatic rings. The SMILES string of the molecule is CN(C)C(=O)N1CCC2(CC1)CCn1c(C3CC3)cnc12. The Kier molecular flexibility index (Phi) is 2.81. The summed E-state index contributed by atoms with van der Waals surface area (Å²) in [4.78, 5) is 20.5. The molecule has 5 nitrogen and oxygen atoms in total. The molecule has 0 atom stereocenters. The van der Waals surface area contributed by atoms with Crippen LogP contribution in [0.3, 0.4) is 0 Å². The highest BCUT2D eigenvalue weighted by molar-refractivity contribution is 5.74. The molecule has 1 aromatic heterocycles. The van der Waals surface area contributed by atoms with Gasteiger partial charge in [-0.05, 0) is 32.1 Å². The maximum atomic E-state index is 12.1. The van der Waals surface area contributed by atoms with Crippen LogP contribution in [0.15, 0.2) is 6.20 Å². The minimum absolute atomic E-state index is 0.143. The van der Waals surface area contributed by atoms with Crippen molar-refractivity contribution >= 4 is 6.03 Å². The maximum Gasteiger partial charge on any atom is 0.319 e. The van der Waals surface area contributed by atoms with Gasteiger partial charge in [-0.15, -0.1) is 0 Å². The zero-order chi connectivity index (χ0) is 14.6. The molecule has 3 heterocycles. The van der Waals surface area contributed by atoms with E-state index in [1.807, 2.05) is 19.0 Å². The summed E-state index contributed by atoms with van der Waals surface area (Å²) in [6.45, 7) is 2.86. The molecule has 5 heteroatoms. The van der Waals surface area contributed by atoms with E-state index >= 15 is 0 Å². The second kappa shape index (κ2) is 4.49. The smallest absolute Gasteiger partial charge is 0.319 e. The Bertz CT molecular complexity index is 565. The second-order valence-electron chi connectivity index (χ2n) is 7.13. The number of hydrogen-bond acceptors (Lipinski definition) is 2. The zero-order valence-electron chi connectivity index (χ0n) is 13.0. The van der Waals surface area contributed by atoms with Crippen LogP contribution in [0.4, 0.5) is 4.79 Å². The van der Waals surface area contributed by atoms with Crippen LogP contribution in [-0.4, -0.2) is 52.6 Å². The van der Waals surface area contributed by atoms with Gasteiger partial charge in [-0.2, -0.15) is 0 Å². The molecule has 1 saturated carbocycles. The minimum atomic E-state index is 0.143. The van der Waals surface area contributed by atoms with Crippen LogP contribution in [0, 0.1) is 0 Å². The van der Waals surface area contributed by atoms with E-state index in [0.717, 1.165) is 38.4 Å². The topological polar surface area (TPSA) is 41.4 Å². The van der Waals surface area contributed by atoms with Crippen molar-refractivity contribution in [3.05, 3.63) is 17.7 Å². The molecule has 1 saturated heterocycles. The number of piperidine rings is 1. The van der Waals surface area contributed by atoms with E-state index in [0.29, 0.717) is 0 Å². The molecular weight excluding hydrogens is 264 g/mol. The number of hydrogen-bond donors (Lipinski definition) is 0. The highest BCUT2D eigenvalue weighted by atomic mass is 16.2. The number of nitrogens with zero attached hydrogens (tertiary/aromatic N) is 4. The van der Waals surface area contributed by atoms with Crippen LogP contribution in [-0.2, 0) is 12.0 Å². The van der Waals surface area contributed by atoms with Crippen molar-refractivity contribution < 1.29 is 4.79 Å². The first-order valence-corrected chi connectivity index (χ1v) is 8.13. The molecule has 0 aromatic carbocycles. The van der Waals surface area contributed by atoms with Gasteiger partial charge in [-0.1, -0.05) is 0 Å². The average molecular weight is 288 g/mol. The lowest BCUT2D eigenvalue weighted by Crippen LogP contribution is -2.48. The predicted molar refractivity (Wildman–Crippen MR) is 80.4 cm³/mol. The average Bonchev–Trinajstić information content (AvgIpc) is 3.14. The number of likely N-dealkylation sites (tertiary alicyclic amines) is 1. The molecule has 2 amide bonds. The first-order chi connectivity index (χ1) is 10.1. The highest BCUT2D eigenvalue weighted by Crippen LogP contribution is 2.47. The van der Waals surface area contributed by atoms with Gasteiger partial charge < -0.3 is 14.4 Å². The van der Waals surface area contributed by atoms with Crippen LogP contribution >= 0.6 is 0 Å². The van der Waals surface area contributed by atoms with Crippen molar-refractivity contribution in [3.8, 4) is 0 Å². The first-order valence-electron chi connectivity index (χ1n) is 8.13. The second-order valence-corrected chi connectivity index (χ2v) is 7.13. The van der Waals surface area contributed by atoms with Crippen molar-refractivity contribution in [2.24, 2.45) is 0 Å². The van der Waals surface area contributed by atoms with Crippen molar-refractivity contribution in [3.63, 3.8) is 0 Å². The Morgan fingerprint density at radius 2 is 1.90 bits per heavy atom. The lowest BCUT2D eigenvalue weighted by atomic mass is 9.77. The van der Waals surface area contributed by atoms with E-state index in [1.54, 1.807) is 4.90 Å². The molecule has 0 N–H and O–H groups in total. The fraction of sp³-hybridized carbons (Fsp3) is 0.750. The normalized spacial score (nSPS) is 23.4. The summed E-state index contributed by atoms with van der Waals surface area (Å²) in [6.07, 6.45) is 8.12.